The third-order valence-corrected chi connectivity index (χ3v) is 7.65. The maximum absolute atomic E-state index is 11.8. The molecule has 3 aromatic rings. The molecule has 0 saturated carbocycles. The van der Waals surface area contributed by atoms with Gasteiger partial charge in [-0.15, -0.1) is 11.8 Å². The number of hydrogen-bond donors (Lipinski definition) is 1. The molecule has 1 heterocycles. The Kier molecular flexibility index (Phi) is 5.79. The number of thioether (sulfide) groups is 1. The number of aryl methyl sites for hydroxylation is 1. The van der Waals surface area contributed by atoms with Gasteiger partial charge in [-0.25, -0.2) is 4.79 Å². The van der Waals surface area contributed by atoms with E-state index < -0.39 is 0 Å². The first-order valence-corrected chi connectivity index (χ1v) is 12.1. The molecule has 1 N–H and O–H groups in total. The number of carbonyl (C=O) groups excluding carboxylic acids is 1. The zero-order valence-electron chi connectivity index (χ0n) is 18.4. The van der Waals surface area contributed by atoms with Gasteiger partial charge in [0, 0.05) is 22.3 Å². The lowest BCUT2D eigenvalue weighted by molar-refractivity contribution is 0.0600. The average Bonchev–Trinajstić information content (AvgIpc) is 3.33. The van der Waals surface area contributed by atoms with Gasteiger partial charge in [-0.2, -0.15) is 0 Å². The topological polar surface area (TPSA) is 38.3 Å². The maximum Gasteiger partial charge on any atom is 0.337 e. The molecule has 1 aliphatic carbocycles. The van der Waals surface area contributed by atoms with Crippen LogP contribution < -0.4 is 5.32 Å². The van der Waals surface area contributed by atoms with Gasteiger partial charge in [-0.3, -0.25) is 0 Å². The highest BCUT2D eigenvalue weighted by atomic mass is 32.2. The van der Waals surface area contributed by atoms with Crippen LogP contribution in [0.15, 0.2) is 83.8 Å². The number of esters is 1. The Balaban J connectivity index is 1.43. The lowest BCUT2D eigenvalue weighted by atomic mass is 9.76. The highest BCUT2D eigenvalue weighted by Crippen LogP contribution is 2.51. The van der Waals surface area contributed by atoms with Crippen LogP contribution >= 0.6 is 11.8 Å². The summed E-state index contributed by atoms with van der Waals surface area (Å²) in [6, 6.07) is 23.4. The third-order valence-electron chi connectivity index (χ3n) is 6.57. The quantitative estimate of drug-likeness (QED) is 0.265. The number of carbonyl (C=O) groups is 1. The van der Waals surface area contributed by atoms with E-state index in [0.717, 1.165) is 12.2 Å². The van der Waals surface area contributed by atoms with E-state index in [9.17, 15) is 4.79 Å². The summed E-state index contributed by atoms with van der Waals surface area (Å²) in [4.78, 5) is 13.1. The van der Waals surface area contributed by atoms with Crippen LogP contribution in [-0.4, -0.2) is 13.1 Å². The molecule has 0 fully saturated rings. The zero-order chi connectivity index (χ0) is 22.1. The lowest BCUT2D eigenvalue weighted by Gasteiger charge is -2.38. The van der Waals surface area contributed by atoms with Crippen molar-refractivity contribution in [3.63, 3.8) is 0 Å². The Bertz CT molecular complexity index is 1150. The molecule has 3 nitrogen and oxygen atoms in total. The van der Waals surface area contributed by atoms with Crippen molar-refractivity contribution in [2.75, 3.05) is 12.4 Å². The second-order valence-electron chi connectivity index (χ2n) is 8.57. The van der Waals surface area contributed by atoms with Crippen LogP contribution in [0.2, 0.25) is 0 Å². The molecular weight excluding hydrogens is 414 g/mol. The SMILES string of the molecule is COC(=O)c1ccc([C@@H]2Nc3c(C)cc(CSc4ccccc4)cc3[C@H]3C=CC[C@H]32)cc1. The van der Waals surface area contributed by atoms with Crippen molar-refractivity contribution in [2.45, 2.75) is 36.0 Å². The van der Waals surface area contributed by atoms with Gasteiger partial charge in [0.05, 0.1) is 18.7 Å². The fraction of sp³-hybridized carbons (Fsp3) is 0.250. The fourth-order valence-electron chi connectivity index (χ4n) is 5.01. The van der Waals surface area contributed by atoms with Crippen molar-refractivity contribution in [1.29, 1.82) is 0 Å². The molecule has 0 saturated heterocycles. The molecule has 0 spiro atoms. The number of nitrogens with one attached hydrogen (secondary N) is 1. The van der Waals surface area contributed by atoms with Gasteiger partial charge in [-0.05, 0) is 65.8 Å². The van der Waals surface area contributed by atoms with Crippen molar-refractivity contribution in [1.82, 2.24) is 0 Å². The average molecular weight is 442 g/mol. The van der Waals surface area contributed by atoms with Crippen LogP contribution in [0, 0.1) is 12.8 Å². The van der Waals surface area contributed by atoms with E-state index in [1.165, 1.54) is 39.9 Å². The predicted molar refractivity (Wildman–Crippen MR) is 131 cm³/mol. The van der Waals surface area contributed by atoms with Gasteiger partial charge in [0.2, 0.25) is 0 Å². The Morgan fingerprint density at radius 1 is 1.09 bits per heavy atom. The summed E-state index contributed by atoms with van der Waals surface area (Å²) in [5.74, 6) is 1.56. The predicted octanol–water partition coefficient (Wildman–Crippen LogP) is 6.90. The van der Waals surface area contributed by atoms with Gasteiger partial charge < -0.3 is 10.1 Å². The minimum atomic E-state index is -0.296. The van der Waals surface area contributed by atoms with E-state index in [1.807, 2.05) is 23.9 Å². The van der Waals surface area contributed by atoms with Gasteiger partial charge in [0.25, 0.3) is 0 Å². The number of benzene rings is 3. The van der Waals surface area contributed by atoms with Crippen molar-refractivity contribution >= 4 is 23.4 Å². The van der Waals surface area contributed by atoms with Crippen LogP contribution in [0.5, 0.6) is 0 Å². The number of methoxy groups -OCH3 is 1. The van der Waals surface area contributed by atoms with E-state index in [0.29, 0.717) is 17.4 Å². The zero-order valence-corrected chi connectivity index (χ0v) is 19.2. The largest absolute Gasteiger partial charge is 0.465 e. The van der Waals surface area contributed by atoms with Crippen molar-refractivity contribution in [3.05, 3.63) is 107 Å². The number of allylic oxidation sites excluding steroid dienone is 2. The molecule has 3 aromatic carbocycles. The maximum atomic E-state index is 11.8. The first kappa shape index (κ1) is 20.9. The minimum Gasteiger partial charge on any atom is -0.465 e. The molecule has 3 atom stereocenters. The van der Waals surface area contributed by atoms with Crippen molar-refractivity contribution in [3.8, 4) is 0 Å². The monoisotopic (exact) mass is 441 g/mol. The lowest BCUT2D eigenvalue weighted by Crippen LogP contribution is -2.29. The highest BCUT2D eigenvalue weighted by molar-refractivity contribution is 7.98. The van der Waals surface area contributed by atoms with E-state index in [2.05, 4.69) is 79.0 Å². The second-order valence-corrected chi connectivity index (χ2v) is 9.62. The highest BCUT2D eigenvalue weighted by Gasteiger charge is 2.38. The summed E-state index contributed by atoms with van der Waals surface area (Å²) in [6.07, 6.45) is 5.76. The van der Waals surface area contributed by atoms with Gasteiger partial charge >= 0.3 is 5.97 Å². The summed E-state index contributed by atoms with van der Waals surface area (Å²) >= 11 is 1.88. The van der Waals surface area contributed by atoms with Crippen LogP contribution in [0.3, 0.4) is 0 Å². The van der Waals surface area contributed by atoms with Gasteiger partial charge in [-0.1, -0.05) is 54.6 Å². The number of ether oxygens (including phenoxy) is 1. The van der Waals surface area contributed by atoms with Gasteiger partial charge in [0.15, 0.2) is 0 Å². The van der Waals surface area contributed by atoms with Crippen LogP contribution in [-0.2, 0) is 10.5 Å². The summed E-state index contributed by atoms with van der Waals surface area (Å²) in [5, 5.41) is 3.85. The molecule has 162 valence electrons. The Morgan fingerprint density at radius 3 is 2.62 bits per heavy atom. The summed E-state index contributed by atoms with van der Waals surface area (Å²) in [7, 11) is 1.42. The number of anilines is 1. The molecule has 0 radical (unpaired) electrons. The summed E-state index contributed by atoms with van der Waals surface area (Å²) in [5.41, 5.74) is 7.14. The molecule has 4 heteroatoms. The molecule has 0 aromatic heterocycles. The van der Waals surface area contributed by atoms with Crippen molar-refractivity contribution in [2.24, 2.45) is 5.92 Å². The number of fused-ring (bicyclic) bond motifs is 3. The standard InChI is InChI=1S/C28H27NO2S/c1-18-15-19(17-32-22-7-4-3-5-8-22)16-25-23-9-6-10-24(23)27(29-26(18)25)20-11-13-21(14-12-20)28(30)31-2/h3-9,11-16,23-24,27,29H,10,17H2,1-2H3/t23-,24+,27-/m0/s1. The Hall–Kier alpha value is -2.98. The van der Waals surface area contributed by atoms with E-state index in [4.69, 9.17) is 4.74 Å². The van der Waals surface area contributed by atoms with Crippen LogP contribution in [0.4, 0.5) is 5.69 Å². The first-order valence-electron chi connectivity index (χ1n) is 11.1. The molecule has 2 aliphatic rings. The Morgan fingerprint density at radius 2 is 1.88 bits per heavy atom. The Labute approximate surface area is 193 Å². The molecule has 0 amide bonds. The van der Waals surface area contributed by atoms with E-state index in [-0.39, 0.29) is 12.0 Å². The normalized spacial score (nSPS) is 20.9. The summed E-state index contributed by atoms with van der Waals surface area (Å²) < 4.78 is 4.85. The molecule has 1 aliphatic heterocycles. The number of rotatable bonds is 5. The molecule has 0 unspecified atom stereocenters. The van der Waals surface area contributed by atoms with E-state index >= 15 is 0 Å². The molecule has 5 rings (SSSR count). The minimum absolute atomic E-state index is 0.220. The van der Waals surface area contributed by atoms with Crippen LogP contribution in [0.1, 0.15) is 51.0 Å². The molecule has 0 bridgehead atoms. The third kappa shape index (κ3) is 3.95. The van der Waals surface area contributed by atoms with Gasteiger partial charge in [0.1, 0.15) is 0 Å². The first-order chi connectivity index (χ1) is 15.6. The smallest absolute Gasteiger partial charge is 0.337 e. The summed E-state index contributed by atoms with van der Waals surface area (Å²) in [6.45, 7) is 2.21. The fourth-order valence-corrected chi connectivity index (χ4v) is 5.85. The van der Waals surface area contributed by atoms with E-state index in [1.54, 1.807) is 0 Å². The number of hydrogen-bond acceptors (Lipinski definition) is 4. The molecule has 32 heavy (non-hydrogen) atoms. The van der Waals surface area contributed by atoms with Crippen molar-refractivity contribution < 1.29 is 9.53 Å². The molecular formula is C28H27NO2S. The second kappa shape index (κ2) is 8.87. The van der Waals surface area contributed by atoms with Crippen LogP contribution in [0.25, 0.3) is 0 Å².